The third kappa shape index (κ3) is 8.45. The van der Waals surface area contributed by atoms with Gasteiger partial charge in [-0.3, -0.25) is 9.59 Å². The molecule has 4 amide bonds. The zero-order chi connectivity index (χ0) is 19.5. The van der Waals surface area contributed by atoms with E-state index in [1.807, 2.05) is 11.8 Å². The SMILES string of the molecule is O=C(CI)NCCCCCCNC(=O)CCCCC1SC[C@@H]2NC(=O)N[C@H]12. The van der Waals surface area contributed by atoms with Gasteiger partial charge < -0.3 is 21.3 Å². The van der Waals surface area contributed by atoms with Gasteiger partial charge in [-0.15, -0.1) is 0 Å². The van der Waals surface area contributed by atoms with Crippen LogP contribution in [0.1, 0.15) is 51.4 Å². The molecule has 2 fully saturated rings. The second-order valence-corrected chi connectivity index (χ2v) is 9.15. The van der Waals surface area contributed by atoms with Gasteiger partial charge in [0.15, 0.2) is 0 Å². The number of alkyl halides is 1. The van der Waals surface area contributed by atoms with Crippen molar-refractivity contribution < 1.29 is 14.4 Å². The van der Waals surface area contributed by atoms with E-state index in [0.29, 0.717) is 16.1 Å². The number of rotatable bonds is 13. The maximum absolute atomic E-state index is 11.9. The summed E-state index contributed by atoms with van der Waals surface area (Å²) in [5, 5.41) is 12.3. The highest BCUT2D eigenvalue weighted by Gasteiger charge is 2.42. The van der Waals surface area contributed by atoms with E-state index >= 15 is 0 Å². The van der Waals surface area contributed by atoms with Gasteiger partial charge in [0.05, 0.1) is 16.5 Å². The van der Waals surface area contributed by atoms with E-state index in [2.05, 4.69) is 43.9 Å². The number of nitrogens with one attached hydrogen (secondary N) is 4. The molecule has 0 radical (unpaired) electrons. The second-order valence-electron chi connectivity index (χ2n) is 7.12. The van der Waals surface area contributed by atoms with Crippen LogP contribution in [0.3, 0.4) is 0 Å². The molecule has 27 heavy (non-hydrogen) atoms. The van der Waals surface area contributed by atoms with Gasteiger partial charge in [-0.2, -0.15) is 11.8 Å². The molecule has 1 unspecified atom stereocenters. The van der Waals surface area contributed by atoms with Gasteiger partial charge in [-0.25, -0.2) is 4.79 Å². The first kappa shape index (κ1) is 22.6. The van der Waals surface area contributed by atoms with Gasteiger partial charge >= 0.3 is 6.03 Å². The molecule has 9 heteroatoms. The largest absolute Gasteiger partial charge is 0.356 e. The quantitative estimate of drug-likeness (QED) is 0.132. The lowest BCUT2D eigenvalue weighted by Crippen LogP contribution is -2.36. The molecule has 154 valence electrons. The van der Waals surface area contributed by atoms with Crippen molar-refractivity contribution in [1.82, 2.24) is 21.3 Å². The van der Waals surface area contributed by atoms with Crippen LogP contribution in [0.15, 0.2) is 0 Å². The maximum Gasteiger partial charge on any atom is 0.315 e. The zero-order valence-electron chi connectivity index (χ0n) is 15.7. The summed E-state index contributed by atoms with van der Waals surface area (Å²) in [6.45, 7) is 1.48. The molecule has 0 aliphatic carbocycles. The van der Waals surface area contributed by atoms with Crippen molar-refractivity contribution in [3.63, 3.8) is 0 Å². The molecule has 0 saturated carbocycles. The van der Waals surface area contributed by atoms with Crippen LogP contribution in [0.4, 0.5) is 4.79 Å². The third-order valence-corrected chi connectivity index (χ3v) is 7.15. The Balaban J connectivity index is 1.39. The van der Waals surface area contributed by atoms with Crippen LogP contribution < -0.4 is 21.3 Å². The Hall–Kier alpha value is -0.710. The summed E-state index contributed by atoms with van der Waals surface area (Å²) in [7, 11) is 0. The third-order valence-electron chi connectivity index (χ3n) is 4.95. The summed E-state index contributed by atoms with van der Waals surface area (Å²) < 4.78 is 0.512. The van der Waals surface area contributed by atoms with E-state index in [9.17, 15) is 14.4 Å². The Kier molecular flexibility index (Phi) is 10.6. The lowest BCUT2D eigenvalue weighted by Gasteiger charge is -2.16. The minimum atomic E-state index is -0.0416. The van der Waals surface area contributed by atoms with Crippen LogP contribution in [0.5, 0.6) is 0 Å². The number of carbonyl (C=O) groups is 3. The molecule has 7 nitrogen and oxygen atoms in total. The van der Waals surface area contributed by atoms with E-state index in [4.69, 9.17) is 0 Å². The van der Waals surface area contributed by atoms with Crippen LogP contribution in [-0.2, 0) is 9.59 Å². The van der Waals surface area contributed by atoms with Gasteiger partial charge in [0.1, 0.15) is 0 Å². The van der Waals surface area contributed by atoms with E-state index in [0.717, 1.165) is 63.8 Å². The van der Waals surface area contributed by atoms with Crippen molar-refractivity contribution >= 4 is 52.2 Å². The van der Waals surface area contributed by atoms with Gasteiger partial charge in [0.2, 0.25) is 11.8 Å². The van der Waals surface area contributed by atoms with E-state index < -0.39 is 0 Å². The summed E-state index contributed by atoms with van der Waals surface area (Å²) in [5.41, 5.74) is 0. The summed E-state index contributed by atoms with van der Waals surface area (Å²) in [4.78, 5) is 34.3. The average molecular weight is 510 g/mol. The Morgan fingerprint density at radius 2 is 1.70 bits per heavy atom. The van der Waals surface area contributed by atoms with Crippen molar-refractivity contribution in [3.8, 4) is 0 Å². The number of thioether (sulfide) groups is 1. The second kappa shape index (κ2) is 12.7. The lowest BCUT2D eigenvalue weighted by molar-refractivity contribution is -0.121. The highest BCUT2D eigenvalue weighted by molar-refractivity contribution is 14.1. The smallest absolute Gasteiger partial charge is 0.315 e. The molecule has 2 heterocycles. The Bertz CT molecular complexity index is 509. The van der Waals surface area contributed by atoms with Gasteiger partial charge in [0, 0.05) is 30.5 Å². The molecule has 0 aromatic carbocycles. The van der Waals surface area contributed by atoms with E-state index in [1.54, 1.807) is 0 Å². The lowest BCUT2D eigenvalue weighted by atomic mass is 10.0. The molecule has 2 aliphatic rings. The van der Waals surface area contributed by atoms with Crippen molar-refractivity contribution in [2.75, 3.05) is 23.3 Å². The highest BCUT2D eigenvalue weighted by atomic mass is 127. The Morgan fingerprint density at radius 3 is 2.41 bits per heavy atom. The normalized spacial score (nSPS) is 23.4. The molecule has 4 N–H and O–H groups in total. The topological polar surface area (TPSA) is 99.3 Å². The fourth-order valence-corrected chi connectivity index (χ4v) is 5.28. The predicted molar refractivity (Wildman–Crippen MR) is 117 cm³/mol. The molecule has 2 aliphatic heterocycles. The number of unbranched alkanes of at least 4 members (excludes halogenated alkanes) is 4. The van der Waals surface area contributed by atoms with Crippen molar-refractivity contribution in [1.29, 1.82) is 0 Å². The van der Waals surface area contributed by atoms with E-state index in [-0.39, 0.29) is 29.9 Å². The monoisotopic (exact) mass is 510 g/mol. The Labute approximate surface area is 179 Å². The molecule has 0 bridgehead atoms. The fraction of sp³-hybridized carbons (Fsp3) is 0.833. The first-order chi connectivity index (χ1) is 13.1. The van der Waals surface area contributed by atoms with Gasteiger partial charge in [0.25, 0.3) is 0 Å². The van der Waals surface area contributed by atoms with Gasteiger partial charge in [-0.1, -0.05) is 41.9 Å². The van der Waals surface area contributed by atoms with Gasteiger partial charge in [-0.05, 0) is 25.7 Å². The van der Waals surface area contributed by atoms with E-state index in [1.165, 1.54) is 0 Å². The highest BCUT2D eigenvalue weighted by Crippen LogP contribution is 2.33. The number of amides is 4. The fourth-order valence-electron chi connectivity index (χ4n) is 3.47. The first-order valence-corrected chi connectivity index (χ1v) is 12.5. The summed E-state index contributed by atoms with van der Waals surface area (Å²) in [5.74, 6) is 1.22. The molecule has 2 saturated heterocycles. The first-order valence-electron chi connectivity index (χ1n) is 9.88. The number of fused-ring (bicyclic) bond motifs is 1. The predicted octanol–water partition coefficient (Wildman–Crippen LogP) is 1.94. The Morgan fingerprint density at radius 1 is 1.00 bits per heavy atom. The maximum atomic E-state index is 11.9. The molecule has 0 spiro atoms. The minimum absolute atomic E-state index is 0.0416. The molecule has 0 aromatic heterocycles. The summed E-state index contributed by atoms with van der Waals surface area (Å²) in [6.07, 6.45) is 7.68. The summed E-state index contributed by atoms with van der Waals surface area (Å²) in [6, 6.07) is 0.490. The average Bonchev–Trinajstić information content (AvgIpc) is 3.20. The molecule has 2 rings (SSSR count). The van der Waals surface area contributed by atoms with Crippen molar-refractivity contribution in [3.05, 3.63) is 0 Å². The molecule has 0 aromatic rings. The summed E-state index contributed by atoms with van der Waals surface area (Å²) >= 11 is 3.98. The van der Waals surface area contributed by atoms with Crippen LogP contribution in [-0.4, -0.2) is 58.4 Å². The number of urea groups is 1. The standard InChI is InChI=1S/C18H31IN4O3S/c19-11-16(25)21-10-6-2-1-5-9-20-15(24)8-4-3-7-14-17-13(12-27-14)22-18(26)23-17/h13-14,17H,1-12H2,(H,20,24)(H,21,25)(H2,22,23,26)/t13-,14?,17-/m0/s1. The van der Waals surface area contributed by atoms with Crippen LogP contribution in [0, 0.1) is 0 Å². The zero-order valence-corrected chi connectivity index (χ0v) is 18.7. The number of hydrogen-bond acceptors (Lipinski definition) is 4. The number of carbonyl (C=O) groups excluding carboxylic acids is 3. The van der Waals surface area contributed by atoms with Crippen LogP contribution in [0.25, 0.3) is 0 Å². The molecular formula is C18H31IN4O3S. The van der Waals surface area contributed by atoms with Crippen molar-refractivity contribution in [2.45, 2.75) is 68.7 Å². The van der Waals surface area contributed by atoms with Crippen LogP contribution in [0.2, 0.25) is 0 Å². The van der Waals surface area contributed by atoms with Crippen molar-refractivity contribution in [2.24, 2.45) is 0 Å². The van der Waals surface area contributed by atoms with Crippen LogP contribution >= 0.6 is 34.4 Å². The molecular weight excluding hydrogens is 479 g/mol. The molecule has 3 atom stereocenters. The minimum Gasteiger partial charge on any atom is -0.356 e. The number of hydrogen-bond donors (Lipinski definition) is 4. The number of halogens is 1.